The number of hydrogen-bond acceptors (Lipinski definition) is 5. The molecule has 0 bridgehead atoms. The van der Waals surface area contributed by atoms with Gasteiger partial charge in [0.25, 0.3) is 0 Å². The van der Waals surface area contributed by atoms with Crippen LogP contribution < -0.4 is 5.32 Å². The lowest BCUT2D eigenvalue weighted by atomic mass is 9.78. The summed E-state index contributed by atoms with van der Waals surface area (Å²) >= 11 is 0. The first kappa shape index (κ1) is 16.0. The molecule has 5 heteroatoms. The van der Waals surface area contributed by atoms with E-state index < -0.39 is 11.8 Å². The van der Waals surface area contributed by atoms with Crippen molar-refractivity contribution in [3.8, 4) is 18.2 Å². The molecule has 1 atom stereocenters. The summed E-state index contributed by atoms with van der Waals surface area (Å²) in [5.74, 6) is -1.81. The third kappa shape index (κ3) is 2.84. The number of hydrogen-bond donors (Lipinski definition) is 1. The maximum atomic E-state index is 12.1. The Hall–Kier alpha value is -3.36. The lowest BCUT2D eigenvalue weighted by Crippen LogP contribution is -2.30. The van der Waals surface area contributed by atoms with Crippen LogP contribution in [-0.2, 0) is 4.79 Å². The van der Waals surface area contributed by atoms with Crippen molar-refractivity contribution < 1.29 is 4.79 Å². The van der Waals surface area contributed by atoms with Gasteiger partial charge in [0.15, 0.2) is 11.7 Å². The minimum Gasteiger partial charge on any atom is -0.359 e. The van der Waals surface area contributed by atoms with E-state index in [9.17, 15) is 20.6 Å². The van der Waals surface area contributed by atoms with Crippen LogP contribution in [0.2, 0.25) is 0 Å². The second kappa shape index (κ2) is 6.60. The summed E-state index contributed by atoms with van der Waals surface area (Å²) in [5, 5.41) is 30.9. The normalized spacial score (nSPS) is 17.1. The molecule has 0 saturated carbocycles. The molecule has 0 saturated heterocycles. The van der Waals surface area contributed by atoms with Crippen LogP contribution in [0.15, 0.2) is 52.9 Å². The lowest BCUT2D eigenvalue weighted by molar-refractivity contribution is -0.113. The van der Waals surface area contributed by atoms with Crippen LogP contribution in [0, 0.1) is 39.9 Å². The SMILES string of the molecule is CC(=O)C1=C(C)NC(C(C#N)C#N)=C(C#N)[C@H]1c1ccccc1. The molecule has 1 aliphatic heterocycles. The summed E-state index contributed by atoms with van der Waals surface area (Å²) in [7, 11) is 0. The van der Waals surface area contributed by atoms with Gasteiger partial charge in [0, 0.05) is 11.3 Å². The predicted octanol–water partition coefficient (Wildman–Crippen LogP) is 2.68. The van der Waals surface area contributed by atoms with Crippen molar-refractivity contribution in [3.05, 3.63) is 58.4 Å². The highest BCUT2D eigenvalue weighted by atomic mass is 16.1. The molecule has 1 heterocycles. The number of nitrogens with zero attached hydrogens (tertiary/aromatic N) is 3. The maximum Gasteiger partial charge on any atom is 0.173 e. The second-order valence-electron chi connectivity index (χ2n) is 5.19. The molecule has 1 aliphatic rings. The topological polar surface area (TPSA) is 100 Å². The third-order valence-corrected chi connectivity index (χ3v) is 3.77. The van der Waals surface area contributed by atoms with E-state index in [0.717, 1.165) is 5.56 Å². The van der Waals surface area contributed by atoms with E-state index in [0.29, 0.717) is 11.3 Å². The zero-order valence-corrected chi connectivity index (χ0v) is 12.8. The summed E-state index contributed by atoms with van der Waals surface area (Å²) in [6, 6.07) is 15.0. The number of nitrogens with one attached hydrogen (secondary N) is 1. The third-order valence-electron chi connectivity index (χ3n) is 3.77. The molecule has 2 rings (SSSR count). The Labute approximate surface area is 134 Å². The number of carbonyl (C=O) groups is 1. The van der Waals surface area contributed by atoms with Crippen molar-refractivity contribution in [1.82, 2.24) is 5.32 Å². The predicted molar refractivity (Wildman–Crippen MR) is 83.1 cm³/mol. The monoisotopic (exact) mass is 302 g/mol. The molecule has 0 spiro atoms. The molecule has 5 nitrogen and oxygen atoms in total. The zero-order valence-electron chi connectivity index (χ0n) is 12.8. The van der Waals surface area contributed by atoms with E-state index in [1.54, 1.807) is 6.92 Å². The van der Waals surface area contributed by atoms with Crippen molar-refractivity contribution in [2.24, 2.45) is 5.92 Å². The van der Waals surface area contributed by atoms with Gasteiger partial charge in [0.05, 0.1) is 35.4 Å². The van der Waals surface area contributed by atoms with E-state index >= 15 is 0 Å². The van der Waals surface area contributed by atoms with Crippen LogP contribution in [0.5, 0.6) is 0 Å². The molecule has 0 fully saturated rings. The average Bonchev–Trinajstić information content (AvgIpc) is 2.55. The number of ketones is 1. The van der Waals surface area contributed by atoms with Gasteiger partial charge in [-0.3, -0.25) is 4.79 Å². The standard InChI is InChI=1S/C18H14N4O/c1-11-16(12(2)23)17(13-6-4-3-5-7-13)15(10-21)18(22-11)14(8-19)9-20/h3-7,14,17,22H,1-2H3/t17-/m1/s1. The summed E-state index contributed by atoms with van der Waals surface area (Å²) in [6.07, 6.45) is 0. The Morgan fingerprint density at radius 2 is 1.78 bits per heavy atom. The molecule has 23 heavy (non-hydrogen) atoms. The maximum absolute atomic E-state index is 12.1. The van der Waals surface area contributed by atoms with Crippen LogP contribution in [0.25, 0.3) is 0 Å². The fourth-order valence-electron chi connectivity index (χ4n) is 2.81. The molecular formula is C18H14N4O. The summed E-state index contributed by atoms with van der Waals surface area (Å²) in [5.41, 5.74) is 2.32. The highest BCUT2D eigenvalue weighted by Gasteiger charge is 2.35. The van der Waals surface area contributed by atoms with E-state index in [-0.39, 0.29) is 17.1 Å². The molecule has 0 radical (unpaired) electrons. The molecule has 0 aromatic heterocycles. The molecule has 112 valence electrons. The Balaban J connectivity index is 2.74. The molecule has 0 aliphatic carbocycles. The highest BCUT2D eigenvalue weighted by molar-refractivity contribution is 5.97. The Bertz CT molecular complexity index is 815. The molecular weight excluding hydrogens is 288 g/mol. The first-order valence-corrected chi connectivity index (χ1v) is 7.02. The van der Waals surface area contributed by atoms with Gasteiger partial charge in [-0.15, -0.1) is 0 Å². The second-order valence-corrected chi connectivity index (χ2v) is 5.19. The number of carbonyl (C=O) groups excluding carboxylic acids is 1. The van der Waals surface area contributed by atoms with Crippen molar-refractivity contribution in [1.29, 1.82) is 15.8 Å². The van der Waals surface area contributed by atoms with Gasteiger partial charge in [0.1, 0.15) is 0 Å². The largest absolute Gasteiger partial charge is 0.359 e. The van der Waals surface area contributed by atoms with Gasteiger partial charge in [-0.1, -0.05) is 30.3 Å². The number of nitriles is 3. The number of allylic oxidation sites excluding steroid dienone is 4. The van der Waals surface area contributed by atoms with Crippen molar-refractivity contribution >= 4 is 5.78 Å². The molecule has 1 aromatic carbocycles. The fourth-order valence-corrected chi connectivity index (χ4v) is 2.81. The smallest absolute Gasteiger partial charge is 0.173 e. The fraction of sp³-hybridized carbons (Fsp3) is 0.222. The molecule has 0 unspecified atom stereocenters. The molecule has 1 N–H and O–H groups in total. The highest BCUT2D eigenvalue weighted by Crippen LogP contribution is 2.39. The summed E-state index contributed by atoms with van der Waals surface area (Å²) in [6.45, 7) is 3.16. The number of rotatable bonds is 3. The van der Waals surface area contributed by atoms with E-state index in [1.165, 1.54) is 6.92 Å². The van der Waals surface area contributed by atoms with E-state index in [4.69, 9.17) is 0 Å². The minimum atomic E-state index is -1.08. The molecule has 0 amide bonds. The Kier molecular flexibility index (Phi) is 4.60. The van der Waals surface area contributed by atoms with Gasteiger partial charge >= 0.3 is 0 Å². The van der Waals surface area contributed by atoms with Crippen LogP contribution >= 0.6 is 0 Å². The van der Waals surface area contributed by atoms with Crippen molar-refractivity contribution in [3.63, 3.8) is 0 Å². The molecule has 1 aromatic rings. The number of dihydropyridines is 1. The van der Waals surface area contributed by atoms with Crippen LogP contribution in [0.1, 0.15) is 25.3 Å². The van der Waals surface area contributed by atoms with Gasteiger partial charge in [-0.25, -0.2) is 0 Å². The van der Waals surface area contributed by atoms with Crippen LogP contribution in [0.3, 0.4) is 0 Å². The van der Waals surface area contributed by atoms with Gasteiger partial charge in [-0.05, 0) is 19.4 Å². The lowest BCUT2D eigenvalue weighted by Gasteiger charge is -2.30. The van der Waals surface area contributed by atoms with Crippen molar-refractivity contribution in [2.45, 2.75) is 19.8 Å². The van der Waals surface area contributed by atoms with Crippen LogP contribution in [-0.4, -0.2) is 5.78 Å². The van der Waals surface area contributed by atoms with E-state index in [2.05, 4.69) is 11.4 Å². The zero-order chi connectivity index (χ0) is 17.0. The Morgan fingerprint density at radius 3 is 2.26 bits per heavy atom. The summed E-state index contributed by atoms with van der Waals surface area (Å²) in [4.78, 5) is 12.1. The van der Waals surface area contributed by atoms with Crippen LogP contribution in [0.4, 0.5) is 0 Å². The van der Waals surface area contributed by atoms with Crippen molar-refractivity contribution in [2.75, 3.05) is 0 Å². The first-order chi connectivity index (χ1) is 11.0. The number of Topliss-reactive ketones (excluding diaryl/α,β-unsaturated/α-hetero) is 1. The summed E-state index contributed by atoms with van der Waals surface area (Å²) < 4.78 is 0. The van der Waals surface area contributed by atoms with Gasteiger partial charge in [0.2, 0.25) is 0 Å². The number of benzene rings is 1. The van der Waals surface area contributed by atoms with E-state index in [1.807, 2.05) is 42.5 Å². The first-order valence-electron chi connectivity index (χ1n) is 7.02. The average molecular weight is 302 g/mol. The van der Waals surface area contributed by atoms with Gasteiger partial charge < -0.3 is 5.32 Å². The minimum absolute atomic E-state index is 0.152. The quantitative estimate of drug-likeness (QED) is 0.925. The Morgan fingerprint density at radius 1 is 1.17 bits per heavy atom. The van der Waals surface area contributed by atoms with Gasteiger partial charge in [-0.2, -0.15) is 15.8 Å².